The number of rotatable bonds is 3. The van der Waals surface area contributed by atoms with Crippen molar-refractivity contribution in [2.45, 2.75) is 12.5 Å². The van der Waals surface area contributed by atoms with E-state index in [4.69, 9.17) is 5.73 Å². The molecule has 0 amide bonds. The molecule has 2 rings (SSSR count). The molecule has 18 heavy (non-hydrogen) atoms. The van der Waals surface area contributed by atoms with Crippen LogP contribution in [0.3, 0.4) is 0 Å². The number of nitrogens with two attached hydrogens (primary N) is 1. The SMILES string of the molecule is NC(Cc1c(F)cccc1F)c1ncccc1Br. The third kappa shape index (κ3) is 2.73. The zero-order chi connectivity index (χ0) is 13.1. The number of hydrogen-bond donors (Lipinski definition) is 1. The van der Waals surface area contributed by atoms with Crippen molar-refractivity contribution in [3.05, 3.63) is 63.9 Å². The molecule has 2 nitrogen and oxygen atoms in total. The van der Waals surface area contributed by atoms with Gasteiger partial charge in [0.05, 0.1) is 11.7 Å². The molecule has 0 aliphatic heterocycles. The Labute approximate surface area is 112 Å². The molecule has 5 heteroatoms. The van der Waals surface area contributed by atoms with Crippen molar-refractivity contribution in [2.24, 2.45) is 5.73 Å². The zero-order valence-electron chi connectivity index (χ0n) is 9.41. The third-order valence-corrected chi connectivity index (χ3v) is 3.29. The van der Waals surface area contributed by atoms with Crippen LogP contribution in [-0.4, -0.2) is 4.98 Å². The Balaban J connectivity index is 2.27. The fraction of sp³-hybridized carbons (Fsp3) is 0.154. The second kappa shape index (κ2) is 5.54. The van der Waals surface area contributed by atoms with Crippen LogP contribution in [-0.2, 0) is 6.42 Å². The van der Waals surface area contributed by atoms with Gasteiger partial charge in [-0.3, -0.25) is 4.98 Å². The fourth-order valence-electron chi connectivity index (χ4n) is 1.71. The number of pyridine rings is 1. The van der Waals surface area contributed by atoms with Crippen LogP contribution in [0.2, 0.25) is 0 Å². The van der Waals surface area contributed by atoms with Crippen LogP contribution in [0.25, 0.3) is 0 Å². The van der Waals surface area contributed by atoms with E-state index >= 15 is 0 Å². The molecule has 0 bridgehead atoms. The summed E-state index contributed by atoms with van der Waals surface area (Å²) in [6, 6.07) is 6.75. The van der Waals surface area contributed by atoms with Crippen molar-refractivity contribution in [3.63, 3.8) is 0 Å². The molecule has 0 saturated heterocycles. The summed E-state index contributed by atoms with van der Waals surface area (Å²) in [6.45, 7) is 0. The highest BCUT2D eigenvalue weighted by Gasteiger charge is 2.16. The molecule has 1 unspecified atom stereocenters. The van der Waals surface area contributed by atoms with Crippen molar-refractivity contribution in [2.75, 3.05) is 0 Å². The van der Waals surface area contributed by atoms with Crippen LogP contribution in [0.1, 0.15) is 17.3 Å². The Bertz CT molecular complexity index is 540. The van der Waals surface area contributed by atoms with Crippen molar-refractivity contribution >= 4 is 15.9 Å². The van der Waals surface area contributed by atoms with Gasteiger partial charge in [0.1, 0.15) is 11.6 Å². The average molecular weight is 313 g/mol. The molecule has 0 spiro atoms. The minimum absolute atomic E-state index is 0.0115. The Morgan fingerprint density at radius 1 is 1.17 bits per heavy atom. The molecular formula is C13H11BrF2N2. The molecule has 1 aromatic carbocycles. The van der Waals surface area contributed by atoms with Gasteiger partial charge in [0.15, 0.2) is 0 Å². The monoisotopic (exact) mass is 312 g/mol. The summed E-state index contributed by atoms with van der Waals surface area (Å²) < 4.78 is 27.7. The predicted molar refractivity (Wildman–Crippen MR) is 68.9 cm³/mol. The maximum atomic E-state index is 13.5. The minimum atomic E-state index is -0.586. The van der Waals surface area contributed by atoms with Crippen LogP contribution >= 0.6 is 15.9 Å². The first-order valence-corrected chi connectivity index (χ1v) is 6.17. The lowest BCUT2D eigenvalue weighted by Gasteiger charge is -2.13. The first-order valence-electron chi connectivity index (χ1n) is 5.38. The van der Waals surface area contributed by atoms with Crippen LogP contribution in [0.15, 0.2) is 41.0 Å². The van der Waals surface area contributed by atoms with E-state index in [1.54, 1.807) is 18.3 Å². The van der Waals surface area contributed by atoms with Gasteiger partial charge in [-0.05, 0) is 46.6 Å². The van der Waals surface area contributed by atoms with Gasteiger partial charge in [-0.1, -0.05) is 6.07 Å². The Kier molecular flexibility index (Phi) is 4.04. The van der Waals surface area contributed by atoms with Crippen molar-refractivity contribution in [3.8, 4) is 0 Å². The van der Waals surface area contributed by atoms with E-state index in [9.17, 15) is 8.78 Å². The molecule has 0 radical (unpaired) electrons. The highest BCUT2D eigenvalue weighted by Crippen LogP contribution is 2.24. The van der Waals surface area contributed by atoms with Crippen molar-refractivity contribution in [1.82, 2.24) is 4.98 Å². The topological polar surface area (TPSA) is 38.9 Å². The maximum Gasteiger partial charge on any atom is 0.129 e. The van der Waals surface area contributed by atoms with E-state index in [0.717, 1.165) is 4.47 Å². The van der Waals surface area contributed by atoms with E-state index in [1.807, 2.05) is 0 Å². The number of benzene rings is 1. The Morgan fingerprint density at radius 3 is 2.44 bits per heavy atom. The molecule has 1 atom stereocenters. The number of aromatic nitrogens is 1. The molecule has 2 aromatic rings. The van der Waals surface area contributed by atoms with E-state index in [0.29, 0.717) is 5.69 Å². The second-order valence-corrected chi connectivity index (χ2v) is 4.74. The van der Waals surface area contributed by atoms with Gasteiger partial charge < -0.3 is 5.73 Å². The second-order valence-electron chi connectivity index (χ2n) is 3.88. The van der Waals surface area contributed by atoms with Gasteiger partial charge in [0, 0.05) is 16.2 Å². The Hall–Kier alpha value is -1.33. The summed E-state index contributed by atoms with van der Waals surface area (Å²) in [5.41, 5.74) is 6.51. The smallest absolute Gasteiger partial charge is 0.129 e. The van der Waals surface area contributed by atoms with Gasteiger partial charge in [-0.25, -0.2) is 8.78 Å². The zero-order valence-corrected chi connectivity index (χ0v) is 11.0. The average Bonchev–Trinajstić information content (AvgIpc) is 2.34. The Morgan fingerprint density at radius 2 is 1.83 bits per heavy atom. The third-order valence-electron chi connectivity index (χ3n) is 2.62. The summed E-state index contributed by atoms with van der Waals surface area (Å²) in [5, 5.41) is 0. The van der Waals surface area contributed by atoms with E-state index < -0.39 is 17.7 Å². The van der Waals surface area contributed by atoms with Gasteiger partial charge in [0.25, 0.3) is 0 Å². The summed E-state index contributed by atoms with van der Waals surface area (Å²) >= 11 is 3.32. The lowest BCUT2D eigenvalue weighted by atomic mass is 10.0. The number of nitrogens with zero attached hydrogens (tertiary/aromatic N) is 1. The standard InChI is InChI=1S/C13H11BrF2N2/c14-9-3-2-6-18-13(9)12(17)7-8-10(15)4-1-5-11(8)16/h1-6,12H,7,17H2. The molecule has 0 aliphatic carbocycles. The van der Waals surface area contributed by atoms with Crippen molar-refractivity contribution in [1.29, 1.82) is 0 Å². The lowest BCUT2D eigenvalue weighted by molar-refractivity contribution is 0.537. The quantitative estimate of drug-likeness (QED) is 0.943. The summed E-state index contributed by atoms with van der Waals surface area (Å²) in [6.07, 6.45) is 1.66. The van der Waals surface area contributed by atoms with E-state index in [2.05, 4.69) is 20.9 Å². The molecule has 0 fully saturated rings. The molecule has 0 saturated carbocycles. The largest absolute Gasteiger partial charge is 0.322 e. The first kappa shape index (κ1) is 13.1. The molecular weight excluding hydrogens is 302 g/mol. The predicted octanol–water partition coefficient (Wildman–Crippen LogP) is 3.36. The number of hydrogen-bond acceptors (Lipinski definition) is 2. The first-order chi connectivity index (χ1) is 8.59. The highest BCUT2D eigenvalue weighted by molar-refractivity contribution is 9.10. The van der Waals surface area contributed by atoms with Crippen LogP contribution in [0.4, 0.5) is 8.78 Å². The van der Waals surface area contributed by atoms with Gasteiger partial charge in [-0.15, -0.1) is 0 Å². The normalized spacial score (nSPS) is 12.4. The van der Waals surface area contributed by atoms with Gasteiger partial charge in [-0.2, -0.15) is 0 Å². The number of halogens is 3. The highest BCUT2D eigenvalue weighted by atomic mass is 79.9. The maximum absolute atomic E-state index is 13.5. The van der Waals surface area contributed by atoms with Crippen molar-refractivity contribution < 1.29 is 8.78 Å². The summed E-state index contributed by atoms with van der Waals surface area (Å²) in [4.78, 5) is 4.12. The minimum Gasteiger partial charge on any atom is -0.322 e. The lowest BCUT2D eigenvalue weighted by Crippen LogP contribution is -2.17. The molecule has 0 aliphatic rings. The van der Waals surface area contributed by atoms with Gasteiger partial charge in [0.2, 0.25) is 0 Å². The van der Waals surface area contributed by atoms with E-state index in [1.165, 1.54) is 18.2 Å². The fourth-order valence-corrected chi connectivity index (χ4v) is 2.26. The summed E-state index contributed by atoms with van der Waals surface area (Å²) in [7, 11) is 0. The molecule has 94 valence electrons. The van der Waals surface area contributed by atoms with Crippen LogP contribution in [0, 0.1) is 11.6 Å². The molecule has 1 aromatic heterocycles. The summed E-state index contributed by atoms with van der Waals surface area (Å²) in [5.74, 6) is -1.17. The molecule has 2 N–H and O–H groups in total. The van der Waals surface area contributed by atoms with Crippen LogP contribution < -0.4 is 5.73 Å². The van der Waals surface area contributed by atoms with Gasteiger partial charge >= 0.3 is 0 Å². The van der Waals surface area contributed by atoms with E-state index in [-0.39, 0.29) is 12.0 Å². The molecule has 1 heterocycles. The van der Waals surface area contributed by atoms with Crippen LogP contribution in [0.5, 0.6) is 0 Å².